The monoisotopic (exact) mass is 282 g/mol. The van der Waals surface area contributed by atoms with Crippen molar-refractivity contribution < 1.29 is 14.3 Å². The van der Waals surface area contributed by atoms with Crippen LogP contribution in [0, 0.1) is 0 Å². The maximum absolute atomic E-state index is 11.5. The Bertz CT molecular complexity index is 357. The van der Waals surface area contributed by atoms with Crippen LogP contribution in [-0.2, 0) is 4.74 Å². The van der Waals surface area contributed by atoms with Gasteiger partial charge in [0.15, 0.2) is 0 Å². The van der Waals surface area contributed by atoms with Gasteiger partial charge >= 0.3 is 5.97 Å². The zero-order valence-electron chi connectivity index (χ0n) is 8.38. The molecule has 0 heterocycles. The van der Waals surface area contributed by atoms with Crippen molar-refractivity contribution in [2.75, 3.05) is 13.7 Å². The van der Waals surface area contributed by atoms with Crippen molar-refractivity contribution in [3.63, 3.8) is 0 Å². The molecule has 0 aliphatic carbocycles. The largest absolute Gasteiger partial charge is 0.497 e. The number of esters is 1. The lowest BCUT2D eigenvalue weighted by Crippen LogP contribution is -2.17. The van der Waals surface area contributed by atoms with Crippen LogP contribution in [0.1, 0.15) is 10.4 Å². The first-order valence-electron chi connectivity index (χ1n) is 4.30. The van der Waals surface area contributed by atoms with Gasteiger partial charge in [-0.2, -0.15) is 0 Å². The molecule has 0 N–H and O–H groups in total. The van der Waals surface area contributed by atoms with Crippen molar-refractivity contribution in [3.05, 3.63) is 29.8 Å². The van der Waals surface area contributed by atoms with Crippen LogP contribution in [-0.4, -0.2) is 23.5 Å². The molecule has 0 unspecified atom stereocenters. The summed E-state index contributed by atoms with van der Waals surface area (Å²) >= 11 is 16.3. The van der Waals surface area contributed by atoms with Gasteiger partial charge in [-0.25, -0.2) is 4.79 Å². The highest BCUT2D eigenvalue weighted by molar-refractivity contribution is 6.67. The lowest BCUT2D eigenvalue weighted by Gasteiger charge is -2.11. The fourth-order valence-corrected chi connectivity index (χ4v) is 1.12. The summed E-state index contributed by atoms with van der Waals surface area (Å²) in [6, 6.07) is 6.43. The van der Waals surface area contributed by atoms with Crippen LogP contribution in [0.3, 0.4) is 0 Å². The highest BCUT2D eigenvalue weighted by Crippen LogP contribution is 2.26. The van der Waals surface area contributed by atoms with Crippen molar-refractivity contribution in [1.82, 2.24) is 0 Å². The van der Waals surface area contributed by atoms with E-state index < -0.39 is 9.76 Å². The SMILES string of the molecule is COc1ccc(C(=O)OCC(Cl)(Cl)Cl)cc1. The van der Waals surface area contributed by atoms with Gasteiger partial charge in [-0.1, -0.05) is 34.8 Å². The predicted octanol–water partition coefficient (Wildman–Crippen LogP) is 3.22. The minimum absolute atomic E-state index is 0.289. The fraction of sp³-hybridized carbons (Fsp3) is 0.300. The third-order valence-corrected chi connectivity index (χ3v) is 2.02. The van der Waals surface area contributed by atoms with Gasteiger partial charge in [0.05, 0.1) is 12.7 Å². The molecule has 3 nitrogen and oxygen atoms in total. The van der Waals surface area contributed by atoms with Gasteiger partial charge in [0.25, 0.3) is 0 Å². The van der Waals surface area contributed by atoms with Crippen LogP contribution in [0.15, 0.2) is 24.3 Å². The van der Waals surface area contributed by atoms with Crippen LogP contribution in [0.5, 0.6) is 5.75 Å². The Hall–Kier alpha value is -0.640. The molecule has 0 aliphatic rings. The molecule has 0 amide bonds. The molecule has 0 saturated carbocycles. The van der Waals surface area contributed by atoms with Crippen molar-refractivity contribution in [2.24, 2.45) is 0 Å². The van der Waals surface area contributed by atoms with Crippen molar-refractivity contribution in [2.45, 2.75) is 3.79 Å². The number of carbonyl (C=O) groups is 1. The molecule has 0 saturated heterocycles. The van der Waals surface area contributed by atoms with E-state index in [0.29, 0.717) is 11.3 Å². The quantitative estimate of drug-likeness (QED) is 0.631. The second kappa shape index (κ2) is 5.62. The van der Waals surface area contributed by atoms with E-state index >= 15 is 0 Å². The van der Waals surface area contributed by atoms with E-state index in [2.05, 4.69) is 0 Å². The van der Waals surface area contributed by atoms with Gasteiger partial charge in [0, 0.05) is 0 Å². The second-order valence-electron chi connectivity index (χ2n) is 2.92. The average Bonchev–Trinajstić information content (AvgIpc) is 2.25. The molecule has 0 bridgehead atoms. The molecule has 88 valence electrons. The summed E-state index contributed by atoms with van der Waals surface area (Å²) in [6.07, 6.45) is 0. The Kier molecular flexibility index (Phi) is 4.71. The summed E-state index contributed by atoms with van der Waals surface area (Å²) < 4.78 is 8.14. The van der Waals surface area contributed by atoms with E-state index in [0.717, 1.165) is 0 Å². The Morgan fingerprint density at radius 2 is 1.81 bits per heavy atom. The van der Waals surface area contributed by atoms with Gasteiger partial charge in [0.2, 0.25) is 3.79 Å². The van der Waals surface area contributed by atoms with E-state index in [1.807, 2.05) is 0 Å². The highest BCUT2D eigenvalue weighted by atomic mass is 35.6. The molecule has 0 aromatic heterocycles. The summed E-state index contributed by atoms with van der Waals surface area (Å²) in [4.78, 5) is 11.5. The highest BCUT2D eigenvalue weighted by Gasteiger charge is 2.22. The Morgan fingerprint density at radius 3 is 2.25 bits per heavy atom. The number of methoxy groups -OCH3 is 1. The van der Waals surface area contributed by atoms with Crippen LogP contribution >= 0.6 is 34.8 Å². The van der Waals surface area contributed by atoms with Gasteiger partial charge in [-0.15, -0.1) is 0 Å². The first kappa shape index (κ1) is 13.4. The van der Waals surface area contributed by atoms with Crippen LogP contribution < -0.4 is 4.74 Å². The minimum atomic E-state index is -1.60. The average molecular weight is 284 g/mol. The number of benzene rings is 1. The number of ether oxygens (including phenoxy) is 2. The first-order chi connectivity index (χ1) is 7.42. The van der Waals surface area contributed by atoms with E-state index in [9.17, 15) is 4.79 Å². The zero-order valence-corrected chi connectivity index (χ0v) is 10.6. The molecule has 1 rings (SSSR count). The van der Waals surface area contributed by atoms with Gasteiger partial charge in [0.1, 0.15) is 12.4 Å². The summed E-state index contributed by atoms with van der Waals surface area (Å²) in [7, 11) is 1.54. The number of rotatable bonds is 3. The van der Waals surface area contributed by atoms with Gasteiger partial charge in [-0.05, 0) is 24.3 Å². The topological polar surface area (TPSA) is 35.5 Å². The number of hydrogen-bond acceptors (Lipinski definition) is 3. The summed E-state index contributed by atoms with van der Waals surface area (Å²) in [6.45, 7) is -0.289. The molecule has 1 aromatic rings. The number of halogens is 3. The molecular formula is C10H9Cl3O3. The van der Waals surface area contributed by atoms with Gasteiger partial charge < -0.3 is 9.47 Å². The normalized spacial score (nSPS) is 11.0. The Morgan fingerprint density at radius 1 is 1.25 bits per heavy atom. The fourth-order valence-electron chi connectivity index (χ4n) is 0.958. The van der Waals surface area contributed by atoms with Crippen molar-refractivity contribution in [1.29, 1.82) is 0 Å². The Labute approximate surface area is 108 Å². The predicted molar refractivity (Wildman–Crippen MR) is 63.6 cm³/mol. The van der Waals surface area contributed by atoms with Crippen LogP contribution in [0.2, 0.25) is 0 Å². The van der Waals surface area contributed by atoms with Crippen molar-refractivity contribution >= 4 is 40.8 Å². The molecule has 6 heteroatoms. The molecule has 0 aliphatic heterocycles. The van der Waals surface area contributed by atoms with E-state index in [1.165, 1.54) is 7.11 Å². The first-order valence-corrected chi connectivity index (χ1v) is 5.44. The second-order valence-corrected chi connectivity index (χ2v) is 5.44. The van der Waals surface area contributed by atoms with E-state index in [4.69, 9.17) is 44.3 Å². The zero-order chi connectivity index (χ0) is 12.2. The van der Waals surface area contributed by atoms with Crippen LogP contribution in [0.25, 0.3) is 0 Å². The standard InChI is InChI=1S/C10H9Cl3O3/c1-15-8-4-2-7(3-5-8)9(14)16-6-10(11,12)13/h2-5H,6H2,1H3. The lowest BCUT2D eigenvalue weighted by molar-refractivity contribution is 0.0512. The number of hydrogen-bond donors (Lipinski definition) is 0. The molecule has 0 fully saturated rings. The molecule has 0 radical (unpaired) electrons. The smallest absolute Gasteiger partial charge is 0.338 e. The summed E-state index contributed by atoms with van der Waals surface area (Å²) in [5.74, 6) is 0.104. The third kappa shape index (κ3) is 4.47. The molecule has 1 aromatic carbocycles. The molecule has 0 atom stereocenters. The number of carbonyl (C=O) groups excluding carboxylic acids is 1. The number of alkyl halides is 3. The van der Waals surface area contributed by atoms with E-state index in [-0.39, 0.29) is 6.61 Å². The molecule has 16 heavy (non-hydrogen) atoms. The summed E-state index contributed by atoms with van der Waals surface area (Å²) in [5, 5.41) is 0. The summed E-state index contributed by atoms with van der Waals surface area (Å²) in [5.41, 5.74) is 0.370. The van der Waals surface area contributed by atoms with E-state index in [1.54, 1.807) is 24.3 Å². The van der Waals surface area contributed by atoms with Crippen molar-refractivity contribution in [3.8, 4) is 5.75 Å². The minimum Gasteiger partial charge on any atom is -0.497 e. The lowest BCUT2D eigenvalue weighted by atomic mass is 10.2. The maximum Gasteiger partial charge on any atom is 0.338 e. The molecule has 0 spiro atoms. The third-order valence-electron chi connectivity index (χ3n) is 1.69. The maximum atomic E-state index is 11.5. The van der Waals surface area contributed by atoms with Crippen LogP contribution in [0.4, 0.5) is 0 Å². The Balaban J connectivity index is 2.59. The van der Waals surface area contributed by atoms with Gasteiger partial charge in [-0.3, -0.25) is 0 Å². The molecular weight excluding hydrogens is 274 g/mol.